The van der Waals surface area contributed by atoms with Crippen LogP contribution in [0, 0.1) is 34.5 Å². The molecule has 5 aliphatic rings. The first-order valence-corrected chi connectivity index (χ1v) is 13.3. The lowest BCUT2D eigenvalue weighted by Crippen LogP contribution is -2.60. The normalized spacial score (nSPS) is 52.9. The maximum atomic E-state index is 12.4. The molecule has 0 amide bonds. The Balaban J connectivity index is 1.29. The SMILES string of the molecule is CC(=O)[C@H]1CC[C@H]2[C@@H]3CC=C4C[C@@H](O[C@@H]5O[C@H](CO)[C@@H](O)[C@H](O)[C@H]5O)CC[C@]4(C)[C@H]3CC[C@]12C. The first-order chi connectivity index (χ1) is 16.1. The molecule has 1 saturated heterocycles. The third-order valence-electron chi connectivity index (χ3n) is 10.7. The highest BCUT2D eigenvalue weighted by atomic mass is 16.7. The fourth-order valence-electron chi connectivity index (χ4n) is 8.78. The van der Waals surface area contributed by atoms with Gasteiger partial charge in [-0.1, -0.05) is 25.5 Å². The molecule has 192 valence electrons. The summed E-state index contributed by atoms with van der Waals surface area (Å²) in [7, 11) is 0. The Hall–Kier alpha value is -0.830. The lowest BCUT2D eigenvalue weighted by atomic mass is 9.47. The fourth-order valence-corrected chi connectivity index (χ4v) is 8.78. The number of hydrogen-bond donors (Lipinski definition) is 4. The molecule has 7 nitrogen and oxygen atoms in total. The molecule has 0 radical (unpaired) electrons. The van der Waals surface area contributed by atoms with Crippen molar-refractivity contribution in [3.63, 3.8) is 0 Å². The summed E-state index contributed by atoms with van der Waals surface area (Å²) < 4.78 is 11.7. The Morgan fingerprint density at radius 3 is 2.53 bits per heavy atom. The zero-order valence-electron chi connectivity index (χ0n) is 20.7. The van der Waals surface area contributed by atoms with Crippen LogP contribution in [0.3, 0.4) is 0 Å². The van der Waals surface area contributed by atoms with Crippen LogP contribution in [0.15, 0.2) is 11.6 Å². The lowest BCUT2D eigenvalue weighted by Gasteiger charge is -2.58. The number of rotatable bonds is 4. The Kier molecular flexibility index (Phi) is 6.52. The van der Waals surface area contributed by atoms with Crippen LogP contribution >= 0.6 is 0 Å². The van der Waals surface area contributed by atoms with Crippen LogP contribution in [-0.4, -0.2) is 69.6 Å². The van der Waals surface area contributed by atoms with Crippen molar-refractivity contribution in [1.82, 2.24) is 0 Å². The van der Waals surface area contributed by atoms with E-state index in [-0.39, 0.29) is 22.9 Å². The van der Waals surface area contributed by atoms with Gasteiger partial charge in [0.2, 0.25) is 0 Å². The molecule has 0 aromatic carbocycles. The monoisotopic (exact) mass is 478 g/mol. The summed E-state index contributed by atoms with van der Waals surface area (Å²) in [4.78, 5) is 12.4. The van der Waals surface area contributed by atoms with E-state index in [2.05, 4.69) is 19.9 Å². The summed E-state index contributed by atoms with van der Waals surface area (Å²) in [6, 6.07) is 0. The van der Waals surface area contributed by atoms with Crippen molar-refractivity contribution < 1.29 is 34.7 Å². The van der Waals surface area contributed by atoms with Gasteiger partial charge in [-0.3, -0.25) is 4.79 Å². The van der Waals surface area contributed by atoms with Gasteiger partial charge >= 0.3 is 0 Å². The molecule has 34 heavy (non-hydrogen) atoms. The summed E-state index contributed by atoms with van der Waals surface area (Å²) in [6.07, 6.45) is 4.32. The summed E-state index contributed by atoms with van der Waals surface area (Å²) in [5, 5.41) is 40.0. The second kappa shape index (κ2) is 8.93. The van der Waals surface area contributed by atoms with E-state index in [0.29, 0.717) is 23.5 Å². The minimum atomic E-state index is -1.42. The largest absolute Gasteiger partial charge is 0.394 e. The number of ether oxygens (including phenoxy) is 2. The first-order valence-electron chi connectivity index (χ1n) is 13.3. The van der Waals surface area contributed by atoms with Crippen LogP contribution < -0.4 is 0 Å². The highest BCUT2D eigenvalue weighted by Crippen LogP contribution is 2.66. The minimum absolute atomic E-state index is 0.133. The molecule has 12 atom stereocenters. The molecule has 1 heterocycles. The van der Waals surface area contributed by atoms with Crippen molar-refractivity contribution in [3.05, 3.63) is 11.6 Å². The highest BCUT2D eigenvalue weighted by Gasteiger charge is 2.59. The average Bonchev–Trinajstić information content (AvgIpc) is 3.17. The van der Waals surface area contributed by atoms with Crippen molar-refractivity contribution in [2.75, 3.05) is 6.61 Å². The van der Waals surface area contributed by atoms with E-state index in [4.69, 9.17) is 9.47 Å². The van der Waals surface area contributed by atoms with Crippen molar-refractivity contribution in [2.24, 2.45) is 34.5 Å². The Labute approximate surface area is 202 Å². The molecule has 5 rings (SSSR count). The number of allylic oxidation sites excluding steroid dienone is 1. The van der Waals surface area contributed by atoms with Gasteiger partial charge in [-0.15, -0.1) is 0 Å². The van der Waals surface area contributed by atoms with Gasteiger partial charge < -0.3 is 29.9 Å². The molecule has 4 N–H and O–H groups in total. The molecule has 0 aromatic heterocycles. The molecule has 0 spiro atoms. The van der Waals surface area contributed by atoms with Crippen molar-refractivity contribution >= 4 is 5.78 Å². The van der Waals surface area contributed by atoms with E-state index in [1.807, 2.05) is 0 Å². The second-order valence-electron chi connectivity index (χ2n) is 12.2. The standard InChI is InChI=1S/C27H42O7/c1-14(29)18-6-7-19-17-5-4-15-12-16(8-10-26(15,2)20(17)9-11-27(18,19)3)33-25-24(32)23(31)22(30)21(13-28)34-25/h4,16-25,28,30-32H,5-13H2,1-3H3/t16-,17-,18+,19-,20-,21+,22+,23-,24+,25+,26-,27+/m0/s1. The summed E-state index contributed by atoms with van der Waals surface area (Å²) in [6.45, 7) is 6.12. The second-order valence-corrected chi connectivity index (χ2v) is 12.2. The van der Waals surface area contributed by atoms with Crippen LogP contribution in [-0.2, 0) is 14.3 Å². The number of fused-ring (bicyclic) bond motifs is 5. The average molecular weight is 479 g/mol. The van der Waals surface area contributed by atoms with Crippen LogP contribution in [0.5, 0.6) is 0 Å². The van der Waals surface area contributed by atoms with Gasteiger partial charge in [-0.05, 0) is 86.9 Å². The topological polar surface area (TPSA) is 116 Å². The van der Waals surface area contributed by atoms with Crippen LogP contribution in [0.2, 0.25) is 0 Å². The number of Topliss-reactive ketones (excluding diaryl/α,β-unsaturated/α-hetero) is 1. The van der Waals surface area contributed by atoms with Gasteiger partial charge in [-0.2, -0.15) is 0 Å². The molecule has 0 unspecified atom stereocenters. The van der Waals surface area contributed by atoms with Gasteiger partial charge in [-0.25, -0.2) is 0 Å². The number of aliphatic hydroxyl groups is 4. The van der Waals surface area contributed by atoms with E-state index in [1.165, 1.54) is 18.4 Å². The fraction of sp³-hybridized carbons (Fsp3) is 0.889. The quantitative estimate of drug-likeness (QED) is 0.458. The van der Waals surface area contributed by atoms with E-state index in [0.717, 1.165) is 38.5 Å². The molecule has 0 bridgehead atoms. The minimum Gasteiger partial charge on any atom is -0.394 e. The van der Waals surface area contributed by atoms with Crippen LogP contribution in [0.1, 0.15) is 72.1 Å². The van der Waals surface area contributed by atoms with Crippen molar-refractivity contribution in [1.29, 1.82) is 0 Å². The number of carbonyl (C=O) groups excluding carboxylic acids is 1. The predicted molar refractivity (Wildman–Crippen MR) is 125 cm³/mol. The molecule has 4 aliphatic carbocycles. The van der Waals surface area contributed by atoms with Crippen molar-refractivity contribution in [2.45, 2.75) is 109 Å². The molecule has 3 saturated carbocycles. The lowest BCUT2D eigenvalue weighted by molar-refractivity contribution is -0.313. The van der Waals surface area contributed by atoms with Gasteiger partial charge in [0.25, 0.3) is 0 Å². The Morgan fingerprint density at radius 2 is 1.82 bits per heavy atom. The van der Waals surface area contributed by atoms with Gasteiger partial charge in [0.1, 0.15) is 30.2 Å². The third kappa shape index (κ3) is 3.73. The van der Waals surface area contributed by atoms with Crippen LogP contribution in [0.25, 0.3) is 0 Å². The van der Waals surface area contributed by atoms with Crippen LogP contribution in [0.4, 0.5) is 0 Å². The maximum absolute atomic E-state index is 12.4. The molecular formula is C27H42O7. The Bertz CT molecular complexity index is 826. The molecular weight excluding hydrogens is 436 g/mol. The van der Waals surface area contributed by atoms with E-state index >= 15 is 0 Å². The molecule has 0 aromatic rings. The van der Waals surface area contributed by atoms with Gasteiger partial charge in [0.15, 0.2) is 6.29 Å². The van der Waals surface area contributed by atoms with E-state index < -0.39 is 37.3 Å². The van der Waals surface area contributed by atoms with Crippen molar-refractivity contribution in [3.8, 4) is 0 Å². The van der Waals surface area contributed by atoms with Gasteiger partial charge in [0.05, 0.1) is 12.7 Å². The number of aliphatic hydroxyl groups excluding tert-OH is 4. The van der Waals surface area contributed by atoms with E-state index in [1.54, 1.807) is 6.92 Å². The maximum Gasteiger partial charge on any atom is 0.186 e. The molecule has 1 aliphatic heterocycles. The zero-order chi connectivity index (χ0) is 24.4. The number of carbonyl (C=O) groups is 1. The smallest absolute Gasteiger partial charge is 0.186 e. The first kappa shape index (κ1) is 24.8. The van der Waals surface area contributed by atoms with E-state index in [9.17, 15) is 25.2 Å². The summed E-state index contributed by atoms with van der Waals surface area (Å²) in [5.41, 5.74) is 1.71. The number of ketones is 1. The predicted octanol–water partition coefficient (Wildman–Crippen LogP) is 2.34. The molecule has 7 heteroatoms. The molecule has 4 fully saturated rings. The van der Waals surface area contributed by atoms with Gasteiger partial charge in [0, 0.05) is 5.92 Å². The third-order valence-corrected chi connectivity index (χ3v) is 10.7. The zero-order valence-corrected chi connectivity index (χ0v) is 20.7. The summed E-state index contributed by atoms with van der Waals surface area (Å²) >= 11 is 0. The number of hydrogen-bond acceptors (Lipinski definition) is 7. The Morgan fingerprint density at radius 1 is 1.06 bits per heavy atom. The highest BCUT2D eigenvalue weighted by molar-refractivity contribution is 5.79. The summed E-state index contributed by atoms with van der Waals surface area (Å²) in [5.74, 6) is 2.48.